The number of methoxy groups -OCH3 is 2. The summed E-state index contributed by atoms with van der Waals surface area (Å²) in [5.74, 6) is -0.0835. The van der Waals surface area contributed by atoms with Crippen molar-refractivity contribution in [3.05, 3.63) is 78.4 Å². The number of nitrogens with one attached hydrogen (secondary N) is 2. The second kappa shape index (κ2) is 10.1. The molecular weight excluding hydrogens is 466 g/mol. The van der Waals surface area contributed by atoms with E-state index in [1.807, 2.05) is 48.5 Å². The van der Waals surface area contributed by atoms with Gasteiger partial charge >= 0.3 is 6.03 Å². The number of hydrogen-bond acceptors (Lipinski definition) is 6. The summed E-state index contributed by atoms with van der Waals surface area (Å²) >= 11 is 1.51. The third-order valence-electron chi connectivity index (χ3n) is 5.67. The lowest BCUT2D eigenvalue weighted by Crippen LogP contribution is -2.42. The standard InChI is InChI=1S/C26H25N3O5S/c1-26(17-13-14-20(33-2)21(15-17)34-3)24(31)29(25(32)28-26)16-23(30)27-19-11-7-8-12-22(19)35-18-9-5-4-6-10-18/h4-15H,16H2,1-3H3,(H,27,30)(H,28,32)/t26-/m0/s1. The monoisotopic (exact) mass is 491 g/mol. The highest BCUT2D eigenvalue weighted by Gasteiger charge is 2.49. The van der Waals surface area contributed by atoms with E-state index in [0.717, 1.165) is 14.7 Å². The van der Waals surface area contributed by atoms with E-state index in [-0.39, 0.29) is 0 Å². The Balaban J connectivity index is 1.49. The number of rotatable bonds is 8. The molecule has 9 heteroatoms. The van der Waals surface area contributed by atoms with Crippen LogP contribution in [0, 0.1) is 0 Å². The molecule has 3 aromatic carbocycles. The quantitative estimate of drug-likeness (QED) is 0.457. The van der Waals surface area contributed by atoms with Crippen LogP contribution in [0.4, 0.5) is 10.5 Å². The summed E-state index contributed by atoms with van der Waals surface area (Å²) in [7, 11) is 3.00. The zero-order valence-corrected chi connectivity index (χ0v) is 20.3. The van der Waals surface area contributed by atoms with E-state index in [0.29, 0.717) is 22.7 Å². The molecule has 4 amide bonds. The molecule has 0 bridgehead atoms. The van der Waals surface area contributed by atoms with E-state index in [4.69, 9.17) is 9.47 Å². The summed E-state index contributed by atoms with van der Waals surface area (Å²) in [5.41, 5.74) is -0.236. The third kappa shape index (κ3) is 4.95. The maximum Gasteiger partial charge on any atom is 0.325 e. The minimum atomic E-state index is -1.35. The van der Waals surface area contributed by atoms with Gasteiger partial charge in [0.15, 0.2) is 11.5 Å². The molecule has 180 valence electrons. The van der Waals surface area contributed by atoms with E-state index in [1.54, 1.807) is 31.2 Å². The topological polar surface area (TPSA) is 97.0 Å². The van der Waals surface area contributed by atoms with E-state index in [2.05, 4.69) is 10.6 Å². The molecule has 1 fully saturated rings. The van der Waals surface area contributed by atoms with Gasteiger partial charge in [-0.3, -0.25) is 14.5 Å². The van der Waals surface area contributed by atoms with Crippen molar-refractivity contribution >= 4 is 35.3 Å². The van der Waals surface area contributed by atoms with Gasteiger partial charge in [-0.25, -0.2) is 4.79 Å². The van der Waals surface area contributed by atoms with Gasteiger partial charge in [0, 0.05) is 9.79 Å². The number of hydrogen-bond donors (Lipinski definition) is 2. The molecule has 3 aromatic rings. The average molecular weight is 492 g/mol. The molecule has 35 heavy (non-hydrogen) atoms. The second-order valence-electron chi connectivity index (χ2n) is 7.98. The van der Waals surface area contributed by atoms with Crippen molar-refractivity contribution in [3.8, 4) is 11.5 Å². The molecule has 0 radical (unpaired) electrons. The number of imide groups is 1. The number of nitrogens with zero attached hydrogens (tertiary/aromatic N) is 1. The van der Waals surface area contributed by atoms with Gasteiger partial charge in [0.2, 0.25) is 5.91 Å². The highest BCUT2D eigenvalue weighted by atomic mass is 32.2. The van der Waals surface area contributed by atoms with Crippen LogP contribution in [-0.2, 0) is 15.1 Å². The highest BCUT2D eigenvalue weighted by Crippen LogP contribution is 2.36. The molecule has 0 spiro atoms. The van der Waals surface area contributed by atoms with Crippen molar-refractivity contribution in [1.29, 1.82) is 0 Å². The first kappa shape index (κ1) is 24.2. The predicted molar refractivity (Wildman–Crippen MR) is 133 cm³/mol. The number of carbonyl (C=O) groups is 3. The van der Waals surface area contributed by atoms with Crippen molar-refractivity contribution in [2.45, 2.75) is 22.3 Å². The summed E-state index contributed by atoms with van der Waals surface area (Å²) in [5, 5.41) is 5.53. The molecule has 0 aromatic heterocycles. The number of urea groups is 1. The molecular formula is C26H25N3O5S. The fraction of sp³-hybridized carbons (Fsp3) is 0.192. The van der Waals surface area contributed by atoms with Crippen LogP contribution in [0.3, 0.4) is 0 Å². The van der Waals surface area contributed by atoms with Crippen LogP contribution in [0.25, 0.3) is 0 Å². The van der Waals surface area contributed by atoms with Crippen LogP contribution in [0.2, 0.25) is 0 Å². The van der Waals surface area contributed by atoms with Gasteiger partial charge < -0.3 is 20.1 Å². The smallest absolute Gasteiger partial charge is 0.325 e. The van der Waals surface area contributed by atoms with Gasteiger partial charge in [0.05, 0.1) is 19.9 Å². The number of benzene rings is 3. The largest absolute Gasteiger partial charge is 0.493 e. The molecule has 1 aliphatic rings. The Kier molecular flexibility index (Phi) is 6.97. The lowest BCUT2D eigenvalue weighted by molar-refractivity contribution is -0.133. The highest BCUT2D eigenvalue weighted by molar-refractivity contribution is 7.99. The Morgan fingerprint density at radius 2 is 1.66 bits per heavy atom. The van der Waals surface area contributed by atoms with Crippen LogP contribution < -0.4 is 20.1 Å². The number of carbonyl (C=O) groups excluding carboxylic acids is 3. The predicted octanol–water partition coefficient (Wildman–Crippen LogP) is 4.26. The number of amides is 4. The summed E-state index contributed by atoms with van der Waals surface area (Å²) in [6.45, 7) is 1.18. The van der Waals surface area contributed by atoms with Gasteiger partial charge in [-0.05, 0) is 48.9 Å². The van der Waals surface area contributed by atoms with Gasteiger partial charge in [0.25, 0.3) is 5.91 Å². The number of para-hydroxylation sites is 1. The Morgan fingerprint density at radius 3 is 2.37 bits per heavy atom. The number of ether oxygens (including phenoxy) is 2. The van der Waals surface area contributed by atoms with Gasteiger partial charge in [-0.1, -0.05) is 48.2 Å². The second-order valence-corrected chi connectivity index (χ2v) is 9.09. The fourth-order valence-corrected chi connectivity index (χ4v) is 4.71. The minimum absolute atomic E-state index is 0.419. The van der Waals surface area contributed by atoms with Crippen molar-refractivity contribution in [1.82, 2.24) is 10.2 Å². The Bertz CT molecular complexity index is 1270. The van der Waals surface area contributed by atoms with Gasteiger partial charge in [-0.15, -0.1) is 0 Å². The first-order valence-electron chi connectivity index (χ1n) is 10.8. The molecule has 2 N–H and O–H groups in total. The maximum atomic E-state index is 13.3. The van der Waals surface area contributed by atoms with Crippen LogP contribution in [0.1, 0.15) is 12.5 Å². The summed E-state index contributed by atoms with van der Waals surface area (Å²) < 4.78 is 10.6. The number of anilines is 1. The first-order chi connectivity index (χ1) is 16.9. The maximum absolute atomic E-state index is 13.3. The van der Waals surface area contributed by atoms with Crippen molar-refractivity contribution in [3.63, 3.8) is 0 Å². The zero-order chi connectivity index (χ0) is 25.0. The lowest BCUT2D eigenvalue weighted by atomic mass is 9.91. The fourth-order valence-electron chi connectivity index (χ4n) is 3.79. The Hall–Kier alpha value is -3.98. The molecule has 0 aliphatic carbocycles. The molecule has 8 nitrogen and oxygen atoms in total. The summed E-state index contributed by atoms with van der Waals surface area (Å²) in [6, 6.07) is 21.5. The van der Waals surface area contributed by atoms with Crippen molar-refractivity contribution in [2.75, 3.05) is 26.1 Å². The molecule has 1 atom stereocenters. The normalized spacial score (nSPS) is 17.2. The van der Waals surface area contributed by atoms with E-state index < -0.39 is 29.9 Å². The van der Waals surface area contributed by atoms with Crippen LogP contribution >= 0.6 is 11.8 Å². The van der Waals surface area contributed by atoms with Crippen molar-refractivity contribution < 1.29 is 23.9 Å². The lowest BCUT2D eigenvalue weighted by Gasteiger charge is -2.23. The first-order valence-corrected chi connectivity index (χ1v) is 11.7. The third-order valence-corrected chi connectivity index (χ3v) is 6.75. The summed E-state index contributed by atoms with van der Waals surface area (Å²) in [4.78, 5) is 41.6. The average Bonchev–Trinajstić information content (AvgIpc) is 3.09. The molecule has 0 saturated carbocycles. The van der Waals surface area contributed by atoms with E-state index >= 15 is 0 Å². The molecule has 1 heterocycles. The van der Waals surface area contributed by atoms with E-state index in [9.17, 15) is 14.4 Å². The van der Waals surface area contributed by atoms with Gasteiger partial charge in [-0.2, -0.15) is 0 Å². The van der Waals surface area contributed by atoms with Gasteiger partial charge in [0.1, 0.15) is 12.1 Å². The molecule has 0 unspecified atom stereocenters. The van der Waals surface area contributed by atoms with Crippen molar-refractivity contribution in [2.24, 2.45) is 0 Å². The minimum Gasteiger partial charge on any atom is -0.493 e. The SMILES string of the molecule is COc1ccc([C@]2(C)NC(=O)N(CC(=O)Nc3ccccc3Sc3ccccc3)C2=O)cc1OC. The van der Waals surface area contributed by atoms with Crippen LogP contribution in [0.15, 0.2) is 82.6 Å². The van der Waals surface area contributed by atoms with Crippen LogP contribution in [-0.4, -0.2) is 43.5 Å². The molecule has 1 aliphatic heterocycles. The van der Waals surface area contributed by atoms with Crippen LogP contribution in [0.5, 0.6) is 11.5 Å². The Morgan fingerprint density at radius 1 is 0.971 bits per heavy atom. The summed E-state index contributed by atoms with van der Waals surface area (Å²) in [6.07, 6.45) is 0. The molecule has 4 rings (SSSR count). The zero-order valence-electron chi connectivity index (χ0n) is 19.5. The molecule has 1 saturated heterocycles. The Labute approximate surface area is 207 Å². The van der Waals surface area contributed by atoms with E-state index in [1.165, 1.54) is 26.0 Å².